The number of rotatable bonds is 4. The van der Waals surface area contributed by atoms with E-state index < -0.39 is 22.5 Å². The van der Waals surface area contributed by atoms with Gasteiger partial charge in [-0.05, 0) is 32.9 Å². The fourth-order valence-electron chi connectivity index (χ4n) is 1.36. The monoisotopic (exact) mass is 339 g/mol. The molecule has 0 aliphatic rings. The Morgan fingerprint density at radius 1 is 1.30 bits per heavy atom. The lowest BCUT2D eigenvalue weighted by molar-refractivity contribution is 0.0956. The number of carbonyl (C=O) groups is 1. The van der Waals surface area contributed by atoms with Crippen LogP contribution in [0.4, 0.5) is 4.39 Å². The minimum absolute atomic E-state index is 0.00936. The summed E-state index contributed by atoms with van der Waals surface area (Å²) in [7, 11) is -1.07. The normalized spacial score (nSPS) is 13.1. The number of benzene rings is 1. The van der Waals surface area contributed by atoms with E-state index in [1.165, 1.54) is 6.07 Å². The third-order valence-electron chi connectivity index (χ3n) is 2.51. The molecule has 0 saturated heterocycles. The van der Waals surface area contributed by atoms with Crippen molar-refractivity contribution < 1.29 is 13.4 Å². The van der Waals surface area contributed by atoms with Crippen LogP contribution >= 0.6 is 23.2 Å². The van der Waals surface area contributed by atoms with E-state index in [1.807, 2.05) is 20.8 Å². The Hall–Kier alpha value is -0.650. The summed E-state index contributed by atoms with van der Waals surface area (Å²) in [5, 5.41) is 2.50. The molecular formula is C13H16Cl2FNO2S. The summed E-state index contributed by atoms with van der Waals surface area (Å²) in [6.07, 6.45) is 0. The Balaban J connectivity index is 2.65. The molecule has 3 nitrogen and oxygen atoms in total. The summed E-state index contributed by atoms with van der Waals surface area (Å²) >= 11 is 11.4. The van der Waals surface area contributed by atoms with Gasteiger partial charge in [-0.25, -0.2) is 4.39 Å². The number of hydrogen-bond acceptors (Lipinski definition) is 2. The maximum Gasteiger partial charge on any atom is 0.252 e. The quantitative estimate of drug-likeness (QED) is 0.854. The minimum Gasteiger partial charge on any atom is -0.351 e. The highest BCUT2D eigenvalue weighted by Crippen LogP contribution is 2.24. The summed E-state index contributed by atoms with van der Waals surface area (Å²) < 4.78 is 24.8. The summed E-state index contributed by atoms with van der Waals surface area (Å²) in [5.74, 6) is -0.904. The van der Waals surface area contributed by atoms with Crippen molar-refractivity contribution in [1.29, 1.82) is 0 Å². The number of carbonyl (C=O) groups excluding carboxylic acids is 1. The first-order chi connectivity index (χ1) is 9.12. The minimum atomic E-state index is -1.07. The predicted octanol–water partition coefficient (Wildman–Crippen LogP) is 3.41. The highest BCUT2D eigenvalue weighted by atomic mass is 35.5. The molecule has 7 heteroatoms. The van der Waals surface area contributed by atoms with E-state index in [1.54, 1.807) is 0 Å². The molecule has 0 saturated carbocycles. The molecule has 0 aliphatic heterocycles. The first-order valence-corrected chi connectivity index (χ1v) is 8.01. The van der Waals surface area contributed by atoms with Gasteiger partial charge in [-0.3, -0.25) is 9.00 Å². The first kappa shape index (κ1) is 17.4. The van der Waals surface area contributed by atoms with Gasteiger partial charge in [0.2, 0.25) is 0 Å². The Morgan fingerprint density at radius 3 is 2.45 bits per heavy atom. The van der Waals surface area contributed by atoms with Gasteiger partial charge in [0.1, 0.15) is 5.82 Å². The number of nitrogens with one attached hydrogen (secondary N) is 1. The Bertz CT molecular complexity index is 544. The van der Waals surface area contributed by atoms with Crippen molar-refractivity contribution in [1.82, 2.24) is 5.32 Å². The molecule has 0 bridgehead atoms. The number of halogens is 3. The summed E-state index contributed by atoms with van der Waals surface area (Å²) in [5.41, 5.74) is 0.00936. The van der Waals surface area contributed by atoms with Crippen molar-refractivity contribution in [3.05, 3.63) is 33.6 Å². The highest BCUT2D eigenvalue weighted by Gasteiger charge is 2.19. The fourth-order valence-corrected chi connectivity index (χ4v) is 2.72. The molecule has 1 atom stereocenters. The number of amides is 1. The molecule has 1 N–H and O–H groups in total. The van der Waals surface area contributed by atoms with E-state index in [0.29, 0.717) is 5.75 Å². The van der Waals surface area contributed by atoms with Crippen LogP contribution < -0.4 is 5.32 Å². The SMILES string of the molecule is CC(C)(C)[S@@](=O)CCNC(=O)c1cc(F)c(Cl)cc1Cl. The van der Waals surface area contributed by atoms with Crippen LogP contribution in [0.15, 0.2) is 12.1 Å². The average molecular weight is 340 g/mol. The molecule has 0 spiro atoms. The lowest BCUT2D eigenvalue weighted by Crippen LogP contribution is -2.32. The lowest BCUT2D eigenvalue weighted by Gasteiger charge is -2.17. The molecule has 0 unspecified atom stereocenters. The van der Waals surface area contributed by atoms with Crippen molar-refractivity contribution in [2.24, 2.45) is 0 Å². The van der Waals surface area contributed by atoms with Crippen LogP contribution in [0.2, 0.25) is 10.0 Å². The van der Waals surface area contributed by atoms with Gasteiger partial charge in [-0.1, -0.05) is 23.2 Å². The third kappa shape index (κ3) is 4.72. The molecule has 20 heavy (non-hydrogen) atoms. The topological polar surface area (TPSA) is 46.2 Å². The molecule has 0 heterocycles. The zero-order chi connectivity index (χ0) is 15.5. The average Bonchev–Trinajstić information content (AvgIpc) is 2.32. The van der Waals surface area contributed by atoms with Gasteiger partial charge in [-0.2, -0.15) is 0 Å². The standard InChI is InChI=1S/C13H16Cl2FNO2S/c1-13(2,3)20(19)5-4-17-12(18)8-6-11(16)10(15)7-9(8)14/h6-7H,4-5H2,1-3H3,(H,17,18)/t20-/m0/s1. The van der Waals surface area contributed by atoms with Crippen molar-refractivity contribution in [3.63, 3.8) is 0 Å². The van der Waals surface area contributed by atoms with Gasteiger partial charge in [0.15, 0.2) is 0 Å². The molecular weight excluding hydrogens is 324 g/mol. The zero-order valence-electron chi connectivity index (χ0n) is 11.4. The van der Waals surface area contributed by atoms with Crippen molar-refractivity contribution in [3.8, 4) is 0 Å². The van der Waals surface area contributed by atoms with Crippen LogP contribution in [-0.4, -0.2) is 27.2 Å². The van der Waals surface area contributed by atoms with Crippen LogP contribution in [0.25, 0.3) is 0 Å². The van der Waals surface area contributed by atoms with Crippen LogP contribution in [0.5, 0.6) is 0 Å². The molecule has 0 fully saturated rings. The molecule has 0 aliphatic carbocycles. The Kier molecular flexibility index (Phi) is 5.98. The van der Waals surface area contributed by atoms with E-state index in [-0.39, 0.29) is 26.9 Å². The van der Waals surface area contributed by atoms with Crippen molar-refractivity contribution >= 4 is 39.9 Å². The third-order valence-corrected chi connectivity index (χ3v) is 5.05. The molecule has 1 amide bonds. The second-order valence-electron chi connectivity index (χ2n) is 5.16. The first-order valence-electron chi connectivity index (χ1n) is 5.94. The second-order valence-corrected chi connectivity index (χ2v) is 8.30. The van der Waals surface area contributed by atoms with Gasteiger partial charge in [0, 0.05) is 27.8 Å². The summed E-state index contributed by atoms with van der Waals surface area (Å²) in [4.78, 5) is 11.9. The van der Waals surface area contributed by atoms with E-state index >= 15 is 0 Å². The van der Waals surface area contributed by atoms with E-state index in [0.717, 1.165) is 6.07 Å². The zero-order valence-corrected chi connectivity index (χ0v) is 13.8. The van der Waals surface area contributed by atoms with Crippen molar-refractivity contribution in [2.75, 3.05) is 12.3 Å². The van der Waals surface area contributed by atoms with Gasteiger partial charge in [0.05, 0.1) is 15.6 Å². The lowest BCUT2D eigenvalue weighted by atomic mass is 10.2. The van der Waals surface area contributed by atoms with Gasteiger partial charge in [0.25, 0.3) is 5.91 Å². The van der Waals surface area contributed by atoms with Crippen LogP contribution in [0.1, 0.15) is 31.1 Å². The Labute approximate surface area is 130 Å². The van der Waals surface area contributed by atoms with Crippen LogP contribution in [0.3, 0.4) is 0 Å². The second kappa shape index (κ2) is 6.87. The largest absolute Gasteiger partial charge is 0.351 e. The number of hydrogen-bond donors (Lipinski definition) is 1. The smallest absolute Gasteiger partial charge is 0.252 e. The van der Waals surface area contributed by atoms with E-state index in [2.05, 4.69) is 5.32 Å². The van der Waals surface area contributed by atoms with Crippen molar-refractivity contribution in [2.45, 2.75) is 25.5 Å². The molecule has 1 aromatic rings. The molecule has 0 radical (unpaired) electrons. The van der Waals surface area contributed by atoms with Gasteiger partial charge >= 0.3 is 0 Å². The molecule has 1 aromatic carbocycles. The van der Waals surface area contributed by atoms with E-state index in [9.17, 15) is 13.4 Å². The van der Waals surface area contributed by atoms with Gasteiger partial charge < -0.3 is 5.32 Å². The van der Waals surface area contributed by atoms with E-state index in [4.69, 9.17) is 23.2 Å². The fraction of sp³-hybridized carbons (Fsp3) is 0.462. The maximum absolute atomic E-state index is 13.3. The summed E-state index contributed by atoms with van der Waals surface area (Å²) in [6, 6.07) is 2.17. The van der Waals surface area contributed by atoms with Crippen LogP contribution in [0, 0.1) is 5.82 Å². The van der Waals surface area contributed by atoms with Crippen LogP contribution in [-0.2, 0) is 10.8 Å². The van der Waals surface area contributed by atoms with Gasteiger partial charge in [-0.15, -0.1) is 0 Å². The molecule has 0 aromatic heterocycles. The summed E-state index contributed by atoms with van der Waals surface area (Å²) in [6.45, 7) is 5.80. The Morgan fingerprint density at radius 2 is 1.90 bits per heavy atom. The maximum atomic E-state index is 13.3. The molecule has 112 valence electrons. The molecule has 1 rings (SSSR count). The highest BCUT2D eigenvalue weighted by molar-refractivity contribution is 7.86. The predicted molar refractivity (Wildman–Crippen MR) is 81.5 cm³/mol.